The summed E-state index contributed by atoms with van der Waals surface area (Å²) in [5.41, 5.74) is 6.17. The first-order chi connectivity index (χ1) is 32.7. The summed E-state index contributed by atoms with van der Waals surface area (Å²) in [6.07, 6.45) is -4.07. The van der Waals surface area contributed by atoms with Crippen molar-refractivity contribution in [2.75, 3.05) is 30.8 Å². The third-order valence-electron chi connectivity index (χ3n) is 10.4. The number of hydrogen-bond donors (Lipinski definition) is 3. The predicted octanol–water partition coefficient (Wildman–Crippen LogP) is 13.7. The maximum absolute atomic E-state index is 12.7. The Morgan fingerprint density at radius 2 is 1.06 bits per heavy atom. The first-order valence-electron chi connectivity index (χ1n) is 20.8. The van der Waals surface area contributed by atoms with Gasteiger partial charge in [0.25, 0.3) is 0 Å². The third kappa shape index (κ3) is 12.6. The molecule has 4 heterocycles. The number of ether oxygens (including phenoxy) is 3. The van der Waals surface area contributed by atoms with Crippen molar-refractivity contribution in [3.05, 3.63) is 154 Å². The number of esters is 1. The molecule has 3 N–H and O–H groups in total. The van der Waals surface area contributed by atoms with Crippen molar-refractivity contribution in [1.82, 2.24) is 18.8 Å². The van der Waals surface area contributed by atoms with E-state index < -0.39 is 37.1 Å². The normalized spacial score (nSPS) is 11.5. The van der Waals surface area contributed by atoms with Crippen LogP contribution in [-0.2, 0) is 4.74 Å². The number of carbonyl (C=O) groups is 2. The fourth-order valence-electron chi connectivity index (χ4n) is 7.16. The van der Waals surface area contributed by atoms with E-state index >= 15 is 0 Å². The molecule has 12 nitrogen and oxygen atoms in total. The Kier molecular flexibility index (Phi) is 14.9. The highest BCUT2D eigenvalue weighted by molar-refractivity contribution is 6.31. The molecule has 0 aliphatic rings. The van der Waals surface area contributed by atoms with E-state index in [9.17, 15) is 41.0 Å². The summed E-state index contributed by atoms with van der Waals surface area (Å²) in [4.78, 5) is 32.1. The van der Waals surface area contributed by atoms with Crippen LogP contribution in [0.4, 0.5) is 37.7 Å². The Morgan fingerprint density at radius 3 is 1.43 bits per heavy atom. The van der Waals surface area contributed by atoms with E-state index in [2.05, 4.69) is 20.6 Å². The van der Waals surface area contributed by atoms with Gasteiger partial charge in [-0.25, -0.2) is 19.6 Å². The maximum Gasteiger partial charge on any atom is 0.390 e. The zero-order chi connectivity index (χ0) is 49.6. The minimum Gasteiger partial charge on any atom is -0.478 e. The Balaban J connectivity index is 0.000000204. The number of nitrogens with one attached hydrogen (secondary N) is 2. The number of fused-ring (bicyclic) bond motifs is 2. The average molecular weight is 994 g/mol. The lowest BCUT2D eigenvalue weighted by molar-refractivity contribution is -0.132. The lowest BCUT2D eigenvalue weighted by atomic mass is 10.0. The molecule has 4 aromatic carbocycles. The molecule has 0 unspecified atom stereocenters. The minimum absolute atomic E-state index is 0.178. The smallest absolute Gasteiger partial charge is 0.390 e. The van der Waals surface area contributed by atoms with E-state index in [1.54, 1.807) is 132 Å². The van der Waals surface area contributed by atoms with Crippen LogP contribution in [0.2, 0.25) is 10.0 Å². The molecule has 0 saturated carbocycles. The number of alkyl halides is 6. The van der Waals surface area contributed by atoms with Gasteiger partial charge in [-0.05, 0) is 85.6 Å². The number of aromatic nitrogens is 4. The van der Waals surface area contributed by atoms with Gasteiger partial charge in [-0.3, -0.25) is 8.80 Å². The highest BCUT2D eigenvalue weighted by Crippen LogP contribution is 2.35. The monoisotopic (exact) mass is 992 g/mol. The van der Waals surface area contributed by atoms with Gasteiger partial charge in [0.2, 0.25) is 0 Å². The molecule has 0 aliphatic carbocycles. The molecule has 358 valence electrons. The number of nitrogens with zero attached hydrogens (tertiary/aromatic N) is 4. The Hall–Kier alpha value is -7.44. The average Bonchev–Trinajstić information content (AvgIpc) is 3.90. The number of benzene rings is 4. The van der Waals surface area contributed by atoms with Crippen LogP contribution >= 0.6 is 23.2 Å². The van der Waals surface area contributed by atoms with Gasteiger partial charge in [-0.2, -0.15) is 26.3 Å². The van der Waals surface area contributed by atoms with Gasteiger partial charge in [-0.15, -0.1) is 0 Å². The van der Waals surface area contributed by atoms with E-state index in [-0.39, 0.29) is 18.7 Å². The molecule has 0 bridgehead atoms. The summed E-state index contributed by atoms with van der Waals surface area (Å²) in [5.74, 6) is 0.171. The van der Waals surface area contributed by atoms with Crippen LogP contribution in [0, 0.1) is 13.8 Å². The number of anilines is 2. The number of halogens is 8. The third-order valence-corrected chi connectivity index (χ3v) is 10.8. The number of aryl methyl sites for hydroxylation is 2. The number of carboxylic acids is 1. The summed E-state index contributed by atoms with van der Waals surface area (Å²) in [7, 11) is 1.31. The number of imidazole rings is 2. The molecule has 0 radical (unpaired) electrons. The van der Waals surface area contributed by atoms with Crippen LogP contribution in [0.5, 0.6) is 23.0 Å². The molecule has 8 rings (SSSR count). The molecule has 0 fully saturated rings. The largest absolute Gasteiger partial charge is 0.478 e. The van der Waals surface area contributed by atoms with Crippen molar-refractivity contribution in [3.8, 4) is 45.5 Å². The summed E-state index contributed by atoms with van der Waals surface area (Å²) < 4.78 is 96.3. The van der Waals surface area contributed by atoms with Crippen LogP contribution in [-0.4, -0.2) is 68.4 Å². The van der Waals surface area contributed by atoms with E-state index in [0.717, 1.165) is 5.56 Å². The second-order valence-electron chi connectivity index (χ2n) is 15.4. The SMILES string of the molecule is COC(=O)c1ccc(-c2cnc3c(NCCC(F)(F)F)cc(Oc4cccc(Cl)c4)cn23)cc1C.Cc1cc(-c2cnc3c(NCCC(F)(F)F)cc(Oc4cccc(Cl)c4)cn23)ccc1C(=O)O. The number of carbonyl (C=O) groups excluding carboxylic acids is 1. The molecular formula is C49H40Cl2F6N6O6. The molecule has 0 atom stereocenters. The number of hydrogen-bond acceptors (Lipinski definition) is 9. The van der Waals surface area contributed by atoms with Gasteiger partial charge < -0.3 is 30.0 Å². The zero-order valence-electron chi connectivity index (χ0n) is 36.7. The minimum atomic E-state index is -4.30. The van der Waals surface area contributed by atoms with Crippen LogP contribution in [0.1, 0.15) is 44.7 Å². The second-order valence-corrected chi connectivity index (χ2v) is 16.3. The Morgan fingerprint density at radius 1 is 0.623 bits per heavy atom. The molecule has 0 spiro atoms. The fraction of sp³-hybridized carbons (Fsp3) is 0.184. The quantitative estimate of drug-likeness (QED) is 0.0712. The lowest BCUT2D eigenvalue weighted by Gasteiger charge is -2.14. The summed E-state index contributed by atoms with van der Waals surface area (Å²) >= 11 is 12.1. The molecule has 0 aliphatic heterocycles. The summed E-state index contributed by atoms with van der Waals surface area (Å²) in [5, 5.41) is 15.9. The first kappa shape index (κ1) is 49.5. The number of pyridine rings is 2. The predicted molar refractivity (Wildman–Crippen MR) is 250 cm³/mol. The number of carboxylic acid groups (broad SMARTS) is 1. The fourth-order valence-corrected chi connectivity index (χ4v) is 7.52. The molecule has 0 amide bonds. The van der Waals surface area contributed by atoms with Gasteiger partial charge in [-0.1, -0.05) is 47.5 Å². The van der Waals surface area contributed by atoms with E-state index in [1.807, 2.05) is 6.07 Å². The number of aromatic carboxylic acids is 1. The van der Waals surface area contributed by atoms with Crippen LogP contribution < -0.4 is 20.1 Å². The van der Waals surface area contributed by atoms with E-state index in [0.29, 0.717) is 89.4 Å². The molecule has 69 heavy (non-hydrogen) atoms. The highest BCUT2D eigenvalue weighted by Gasteiger charge is 2.28. The van der Waals surface area contributed by atoms with Crippen molar-refractivity contribution >= 4 is 57.8 Å². The van der Waals surface area contributed by atoms with Crippen LogP contribution in [0.15, 0.2) is 122 Å². The van der Waals surface area contributed by atoms with E-state index in [1.165, 1.54) is 13.2 Å². The van der Waals surface area contributed by atoms with Crippen LogP contribution in [0.3, 0.4) is 0 Å². The molecule has 20 heteroatoms. The molecule has 0 saturated heterocycles. The summed E-state index contributed by atoms with van der Waals surface area (Å²) in [6, 6.07) is 26.8. The van der Waals surface area contributed by atoms with Gasteiger partial charge in [0, 0.05) is 46.4 Å². The zero-order valence-corrected chi connectivity index (χ0v) is 38.2. The van der Waals surface area contributed by atoms with Crippen molar-refractivity contribution in [2.45, 2.75) is 39.0 Å². The topological polar surface area (TPSA) is 141 Å². The Labute approximate surface area is 400 Å². The van der Waals surface area contributed by atoms with Crippen molar-refractivity contribution in [2.24, 2.45) is 0 Å². The Bertz CT molecular complexity index is 3170. The molecule has 8 aromatic rings. The maximum atomic E-state index is 12.7. The van der Waals surface area contributed by atoms with Gasteiger partial charge >= 0.3 is 24.3 Å². The van der Waals surface area contributed by atoms with Gasteiger partial charge in [0.05, 0.1) is 78.6 Å². The van der Waals surface area contributed by atoms with Crippen molar-refractivity contribution < 1.29 is 55.2 Å². The molecule has 4 aromatic heterocycles. The molecular weight excluding hydrogens is 953 g/mol. The number of rotatable bonds is 14. The van der Waals surface area contributed by atoms with Crippen molar-refractivity contribution in [3.63, 3.8) is 0 Å². The summed E-state index contributed by atoms with van der Waals surface area (Å²) in [6.45, 7) is 2.81. The van der Waals surface area contributed by atoms with Gasteiger partial charge in [0.1, 0.15) is 23.0 Å². The lowest BCUT2D eigenvalue weighted by Crippen LogP contribution is -2.15. The second kappa shape index (κ2) is 20.8. The number of methoxy groups -OCH3 is 1. The first-order valence-corrected chi connectivity index (χ1v) is 21.5. The van der Waals surface area contributed by atoms with Crippen molar-refractivity contribution in [1.29, 1.82) is 0 Å². The highest BCUT2D eigenvalue weighted by atomic mass is 35.5. The van der Waals surface area contributed by atoms with Gasteiger partial charge in [0.15, 0.2) is 11.3 Å². The van der Waals surface area contributed by atoms with Crippen LogP contribution in [0.25, 0.3) is 33.8 Å². The van der Waals surface area contributed by atoms with E-state index in [4.69, 9.17) is 37.4 Å². The standard InChI is InChI=1S/C25H21ClF3N3O3.C24H19ClF3N3O3/c1-15-10-16(6-7-20(15)24(33)34-2)22-13-31-23-21(30-9-8-25(27,28)29)12-19(14-32(22)23)35-18-5-3-4-17(26)11-18;1-14-9-15(5-6-19(14)23(32)33)21-12-30-22-20(29-8-7-24(26,27)28)11-18(13-31(21)22)34-17-4-2-3-16(25)10-17/h3-7,10-14,30H,8-9H2,1-2H3;2-6,9-13,29H,7-8H2,1H3,(H,32,33).